The number of carbonyl (C=O) groups excluding carboxylic acids is 1. The zero-order chi connectivity index (χ0) is 26.3. The molecule has 1 fully saturated rings. The molecule has 1 amide bonds. The summed E-state index contributed by atoms with van der Waals surface area (Å²) >= 11 is 0. The number of nitrogens with zero attached hydrogens (tertiary/aromatic N) is 6. The Bertz CT molecular complexity index is 1480. The number of amides is 1. The largest absolute Gasteiger partial charge is 0.364 e. The van der Waals surface area contributed by atoms with Crippen molar-refractivity contribution in [3.8, 4) is 11.3 Å². The van der Waals surface area contributed by atoms with Gasteiger partial charge in [-0.05, 0) is 41.7 Å². The minimum Gasteiger partial charge on any atom is -0.364 e. The molecule has 1 aromatic carbocycles. The summed E-state index contributed by atoms with van der Waals surface area (Å²) in [7, 11) is 1.79. The molecule has 0 aliphatic carbocycles. The number of benzene rings is 1. The summed E-state index contributed by atoms with van der Waals surface area (Å²) in [4.78, 5) is 34.6. The van der Waals surface area contributed by atoms with E-state index in [1.54, 1.807) is 17.7 Å². The monoisotopic (exact) mass is 502 g/mol. The standard InChI is InChI=1S/C28H34N6O3/c1-19-6-7-20(17-32-11-13-33(14-12-32)26(35)23-10-15-37-30-23)16-21(19)22-8-9-24-25(29-22)31(5)27(36)34(24)18-28(2,3)4/h6-10,15-16H,11-14,17-18H2,1-5H3. The Morgan fingerprint density at radius 2 is 1.81 bits per heavy atom. The van der Waals surface area contributed by atoms with Gasteiger partial charge in [0.25, 0.3) is 5.91 Å². The minimum atomic E-state index is -0.0850. The number of piperazine rings is 1. The molecular weight excluding hydrogens is 468 g/mol. The molecule has 0 spiro atoms. The van der Waals surface area contributed by atoms with Crippen LogP contribution in [0.3, 0.4) is 0 Å². The van der Waals surface area contributed by atoms with E-state index in [0.717, 1.165) is 42.0 Å². The highest BCUT2D eigenvalue weighted by molar-refractivity contribution is 5.92. The summed E-state index contributed by atoms with van der Waals surface area (Å²) in [6.45, 7) is 12.8. The first-order valence-corrected chi connectivity index (χ1v) is 12.7. The van der Waals surface area contributed by atoms with Crippen LogP contribution in [0.2, 0.25) is 0 Å². The number of rotatable bonds is 5. The lowest BCUT2D eigenvalue weighted by Gasteiger charge is -2.34. The third-order valence-electron chi connectivity index (χ3n) is 6.91. The van der Waals surface area contributed by atoms with Crippen LogP contribution in [0.1, 0.15) is 42.4 Å². The van der Waals surface area contributed by atoms with Gasteiger partial charge in [-0.15, -0.1) is 0 Å². The van der Waals surface area contributed by atoms with Crippen molar-refractivity contribution in [3.05, 3.63) is 70.0 Å². The highest BCUT2D eigenvalue weighted by Gasteiger charge is 2.24. The van der Waals surface area contributed by atoms with E-state index in [1.807, 2.05) is 21.6 Å². The van der Waals surface area contributed by atoms with Crippen LogP contribution in [0, 0.1) is 12.3 Å². The van der Waals surface area contributed by atoms with Crippen molar-refractivity contribution in [2.45, 2.75) is 40.8 Å². The first kappa shape index (κ1) is 25.0. The lowest BCUT2D eigenvalue weighted by atomic mass is 9.97. The smallest absolute Gasteiger partial charge is 0.330 e. The second-order valence-corrected chi connectivity index (χ2v) is 11.1. The molecule has 0 bridgehead atoms. The summed E-state index contributed by atoms with van der Waals surface area (Å²) in [6, 6.07) is 12.1. The van der Waals surface area contributed by atoms with Crippen LogP contribution in [-0.2, 0) is 20.1 Å². The van der Waals surface area contributed by atoms with E-state index in [0.29, 0.717) is 31.0 Å². The fraction of sp³-hybridized carbons (Fsp3) is 0.429. The van der Waals surface area contributed by atoms with Crippen LogP contribution in [0.15, 0.2) is 52.0 Å². The van der Waals surface area contributed by atoms with Crippen LogP contribution in [0.4, 0.5) is 0 Å². The van der Waals surface area contributed by atoms with E-state index in [9.17, 15) is 9.59 Å². The van der Waals surface area contributed by atoms with Crippen molar-refractivity contribution in [1.29, 1.82) is 0 Å². The van der Waals surface area contributed by atoms with Gasteiger partial charge in [-0.3, -0.25) is 18.8 Å². The van der Waals surface area contributed by atoms with E-state index < -0.39 is 0 Å². The Morgan fingerprint density at radius 1 is 1.05 bits per heavy atom. The van der Waals surface area contributed by atoms with Gasteiger partial charge in [0.15, 0.2) is 11.3 Å². The Balaban J connectivity index is 1.34. The first-order valence-electron chi connectivity index (χ1n) is 12.7. The number of pyridine rings is 1. The number of hydrogen-bond acceptors (Lipinski definition) is 6. The van der Waals surface area contributed by atoms with Gasteiger partial charge in [0.05, 0.1) is 11.2 Å². The van der Waals surface area contributed by atoms with Crippen LogP contribution in [-0.4, -0.2) is 61.2 Å². The number of fused-ring (bicyclic) bond motifs is 1. The van der Waals surface area contributed by atoms with Crippen LogP contribution >= 0.6 is 0 Å². The van der Waals surface area contributed by atoms with Gasteiger partial charge in [-0.2, -0.15) is 0 Å². The average molecular weight is 503 g/mol. The molecule has 0 atom stereocenters. The van der Waals surface area contributed by atoms with Crippen molar-refractivity contribution >= 4 is 17.1 Å². The zero-order valence-electron chi connectivity index (χ0n) is 22.2. The molecule has 1 aliphatic rings. The number of imidazole rings is 1. The maximum Gasteiger partial charge on any atom is 0.330 e. The van der Waals surface area contributed by atoms with Crippen molar-refractivity contribution in [3.63, 3.8) is 0 Å². The van der Waals surface area contributed by atoms with E-state index in [1.165, 1.54) is 11.8 Å². The normalized spacial score (nSPS) is 15.0. The maximum absolute atomic E-state index is 12.9. The Morgan fingerprint density at radius 3 is 2.49 bits per heavy atom. The van der Waals surface area contributed by atoms with Gasteiger partial charge in [-0.1, -0.05) is 38.1 Å². The second-order valence-electron chi connectivity index (χ2n) is 11.1. The number of aromatic nitrogens is 4. The van der Waals surface area contributed by atoms with Gasteiger partial charge in [0.2, 0.25) is 0 Å². The van der Waals surface area contributed by atoms with Crippen LogP contribution < -0.4 is 5.69 Å². The summed E-state index contributed by atoms with van der Waals surface area (Å²) in [5.74, 6) is -0.0850. The molecule has 194 valence electrons. The summed E-state index contributed by atoms with van der Waals surface area (Å²) in [5.41, 5.74) is 6.11. The molecule has 0 unspecified atom stereocenters. The fourth-order valence-corrected chi connectivity index (χ4v) is 4.95. The predicted molar refractivity (Wildman–Crippen MR) is 142 cm³/mol. The summed E-state index contributed by atoms with van der Waals surface area (Å²) in [6.07, 6.45) is 1.42. The van der Waals surface area contributed by atoms with Crippen molar-refractivity contribution in [1.82, 2.24) is 29.1 Å². The number of carbonyl (C=O) groups is 1. The fourth-order valence-electron chi connectivity index (χ4n) is 4.95. The molecule has 4 aromatic rings. The highest BCUT2D eigenvalue weighted by atomic mass is 16.5. The molecule has 5 rings (SSSR count). The van der Waals surface area contributed by atoms with Crippen LogP contribution in [0.5, 0.6) is 0 Å². The average Bonchev–Trinajstić information content (AvgIpc) is 3.48. The lowest BCUT2D eigenvalue weighted by molar-refractivity contribution is 0.0618. The van der Waals surface area contributed by atoms with Gasteiger partial charge in [0, 0.05) is 57.9 Å². The van der Waals surface area contributed by atoms with Crippen molar-refractivity contribution < 1.29 is 9.32 Å². The van der Waals surface area contributed by atoms with E-state index in [4.69, 9.17) is 9.51 Å². The van der Waals surface area contributed by atoms with E-state index >= 15 is 0 Å². The molecule has 1 aliphatic heterocycles. The molecule has 4 heterocycles. The lowest BCUT2D eigenvalue weighted by Crippen LogP contribution is -2.48. The summed E-state index contributed by atoms with van der Waals surface area (Å²) < 4.78 is 8.27. The molecule has 0 N–H and O–H groups in total. The second kappa shape index (κ2) is 9.63. The summed E-state index contributed by atoms with van der Waals surface area (Å²) in [5, 5.41) is 3.76. The highest BCUT2D eigenvalue weighted by Crippen LogP contribution is 2.27. The van der Waals surface area contributed by atoms with E-state index in [2.05, 4.69) is 56.0 Å². The van der Waals surface area contributed by atoms with Gasteiger partial charge >= 0.3 is 5.69 Å². The van der Waals surface area contributed by atoms with Crippen molar-refractivity contribution in [2.24, 2.45) is 12.5 Å². The molecule has 3 aromatic heterocycles. The van der Waals surface area contributed by atoms with E-state index in [-0.39, 0.29) is 17.0 Å². The SMILES string of the molecule is Cc1ccc(CN2CCN(C(=O)c3ccon3)CC2)cc1-c1ccc2c(n1)n(C)c(=O)n2CC(C)(C)C. The van der Waals surface area contributed by atoms with Gasteiger partial charge < -0.3 is 9.42 Å². The Kier molecular flexibility index (Phi) is 6.49. The van der Waals surface area contributed by atoms with Gasteiger partial charge in [-0.25, -0.2) is 9.78 Å². The number of aryl methyl sites for hydroxylation is 2. The third-order valence-corrected chi connectivity index (χ3v) is 6.91. The zero-order valence-corrected chi connectivity index (χ0v) is 22.2. The van der Waals surface area contributed by atoms with Crippen molar-refractivity contribution in [2.75, 3.05) is 26.2 Å². The topological polar surface area (TPSA) is 89.4 Å². The Labute approximate surface area is 216 Å². The molecule has 9 nitrogen and oxygen atoms in total. The molecule has 1 saturated heterocycles. The quantitative estimate of drug-likeness (QED) is 0.413. The molecule has 0 radical (unpaired) electrons. The maximum atomic E-state index is 12.9. The molecule has 9 heteroatoms. The molecule has 0 saturated carbocycles. The number of hydrogen-bond donors (Lipinski definition) is 0. The molecular formula is C28H34N6O3. The Hall–Kier alpha value is -3.72. The third kappa shape index (κ3) is 5.09. The molecule has 37 heavy (non-hydrogen) atoms. The first-order chi connectivity index (χ1) is 17.6. The minimum absolute atomic E-state index is 0.0173. The van der Waals surface area contributed by atoms with Gasteiger partial charge in [0.1, 0.15) is 6.26 Å². The van der Waals surface area contributed by atoms with Crippen LogP contribution in [0.25, 0.3) is 22.4 Å². The predicted octanol–water partition coefficient (Wildman–Crippen LogP) is 3.70.